The number of aromatic nitrogens is 2. The molecule has 7 heteroatoms. The van der Waals surface area contributed by atoms with E-state index in [9.17, 15) is 4.39 Å². The number of benzene rings is 1. The number of aryl methyl sites for hydroxylation is 2. The van der Waals surface area contributed by atoms with Gasteiger partial charge in [0.25, 0.3) is 0 Å². The maximum Gasteiger partial charge on any atom is 0.228 e. The Bertz CT molecular complexity index is 657. The number of nitrogens with zero attached hydrogens (tertiary/aromatic N) is 2. The Hall–Kier alpha value is -1.47. The monoisotopic (exact) mass is 343 g/mol. The van der Waals surface area contributed by atoms with Gasteiger partial charge in [0.15, 0.2) is 0 Å². The van der Waals surface area contributed by atoms with Crippen molar-refractivity contribution in [1.82, 2.24) is 9.78 Å². The van der Waals surface area contributed by atoms with Crippen molar-refractivity contribution in [3.63, 3.8) is 0 Å². The lowest BCUT2D eigenvalue weighted by Crippen LogP contribution is -2.11. The average Bonchev–Trinajstić information content (AvgIpc) is 2.59. The topological polar surface area (TPSA) is 53.1 Å². The number of ether oxygens (including phenoxy) is 1. The van der Waals surface area contributed by atoms with Crippen molar-refractivity contribution >= 4 is 33.1 Å². The summed E-state index contributed by atoms with van der Waals surface area (Å²) < 4.78 is 20.7. The second-order valence-corrected chi connectivity index (χ2v) is 5.23. The highest BCUT2D eigenvalue weighted by Crippen LogP contribution is 2.29. The lowest BCUT2D eigenvalue weighted by molar-refractivity contribution is 0.428. The summed E-state index contributed by atoms with van der Waals surface area (Å²) in [5.74, 6) is 0.542. The molecule has 19 heavy (non-hydrogen) atoms. The zero-order valence-corrected chi connectivity index (χ0v) is 12.7. The Morgan fingerprint density at radius 3 is 2.79 bits per heavy atom. The van der Waals surface area contributed by atoms with Crippen LogP contribution in [0.1, 0.15) is 11.3 Å². The molecule has 0 aliphatic heterocycles. The van der Waals surface area contributed by atoms with Crippen LogP contribution in [-0.4, -0.2) is 14.8 Å². The molecule has 0 aliphatic rings. The third-order valence-corrected chi connectivity index (χ3v) is 3.33. The minimum Gasteiger partial charge on any atom is -0.438 e. The summed E-state index contributed by atoms with van der Waals surface area (Å²) >= 11 is 8.09. The van der Waals surface area contributed by atoms with Crippen LogP contribution in [-0.2, 0) is 7.05 Å². The van der Waals surface area contributed by atoms with Crippen molar-refractivity contribution < 1.29 is 9.13 Å². The minimum atomic E-state index is -0.358. The molecule has 0 saturated heterocycles. The van der Waals surface area contributed by atoms with Gasteiger partial charge in [-0.05, 0) is 41.1 Å². The number of halogens is 2. The molecule has 0 spiro atoms. The number of thiocarbonyl (C=S) groups is 1. The molecule has 100 valence electrons. The van der Waals surface area contributed by atoms with Crippen LogP contribution < -0.4 is 10.5 Å². The van der Waals surface area contributed by atoms with E-state index in [1.54, 1.807) is 18.7 Å². The van der Waals surface area contributed by atoms with Gasteiger partial charge in [-0.1, -0.05) is 12.2 Å². The Kier molecular flexibility index (Phi) is 3.86. The Labute approximate surface area is 123 Å². The number of hydrogen-bond donors (Lipinski definition) is 1. The van der Waals surface area contributed by atoms with Gasteiger partial charge in [0.1, 0.15) is 16.6 Å². The van der Waals surface area contributed by atoms with Crippen molar-refractivity contribution in [1.29, 1.82) is 0 Å². The SMILES string of the molecule is Cc1nn(C)c(Oc2ccc(F)c(Br)c2)c1C(N)=S. The van der Waals surface area contributed by atoms with E-state index in [1.165, 1.54) is 18.2 Å². The van der Waals surface area contributed by atoms with Crippen LogP contribution in [0.15, 0.2) is 22.7 Å². The summed E-state index contributed by atoms with van der Waals surface area (Å²) in [4.78, 5) is 0.210. The van der Waals surface area contributed by atoms with Crippen LogP contribution in [0.5, 0.6) is 11.6 Å². The van der Waals surface area contributed by atoms with Crippen LogP contribution in [0.4, 0.5) is 4.39 Å². The van der Waals surface area contributed by atoms with Crippen molar-refractivity contribution in [3.8, 4) is 11.6 Å². The molecule has 2 rings (SSSR count). The van der Waals surface area contributed by atoms with E-state index in [0.29, 0.717) is 27.4 Å². The highest BCUT2D eigenvalue weighted by Gasteiger charge is 2.18. The van der Waals surface area contributed by atoms with E-state index in [0.717, 1.165) is 0 Å². The molecule has 0 radical (unpaired) electrons. The summed E-state index contributed by atoms with van der Waals surface area (Å²) in [5, 5.41) is 4.21. The Morgan fingerprint density at radius 1 is 1.53 bits per heavy atom. The maximum absolute atomic E-state index is 13.2. The first-order valence-corrected chi connectivity index (χ1v) is 6.56. The van der Waals surface area contributed by atoms with Gasteiger partial charge in [-0.2, -0.15) is 5.10 Å². The number of rotatable bonds is 3. The molecule has 1 heterocycles. The molecule has 1 aromatic carbocycles. The van der Waals surface area contributed by atoms with E-state index in [4.69, 9.17) is 22.7 Å². The van der Waals surface area contributed by atoms with E-state index in [-0.39, 0.29) is 10.8 Å². The molecule has 0 aliphatic carbocycles. The predicted molar refractivity (Wildman–Crippen MR) is 78.0 cm³/mol. The van der Waals surface area contributed by atoms with Gasteiger partial charge >= 0.3 is 0 Å². The van der Waals surface area contributed by atoms with Crippen LogP contribution in [0.2, 0.25) is 0 Å². The highest BCUT2D eigenvalue weighted by atomic mass is 79.9. The smallest absolute Gasteiger partial charge is 0.228 e. The van der Waals surface area contributed by atoms with Gasteiger partial charge in [-0.25, -0.2) is 9.07 Å². The first kappa shape index (κ1) is 14.0. The average molecular weight is 344 g/mol. The standard InChI is InChI=1S/C12H11BrFN3OS/c1-6-10(11(15)19)12(17(2)16-6)18-7-3-4-9(14)8(13)5-7/h3-5H,1-2H3,(H2,15,19). The minimum absolute atomic E-state index is 0.210. The third kappa shape index (κ3) is 2.76. The summed E-state index contributed by atoms with van der Waals surface area (Å²) in [6, 6.07) is 4.36. The fraction of sp³-hybridized carbons (Fsp3) is 0.167. The summed E-state index contributed by atoms with van der Waals surface area (Å²) in [5.41, 5.74) is 6.93. The molecule has 0 saturated carbocycles. The van der Waals surface area contributed by atoms with Crippen LogP contribution >= 0.6 is 28.1 Å². The maximum atomic E-state index is 13.2. The Morgan fingerprint density at radius 2 is 2.21 bits per heavy atom. The quantitative estimate of drug-likeness (QED) is 0.870. The third-order valence-electron chi connectivity index (χ3n) is 2.52. The predicted octanol–water partition coefficient (Wildman–Crippen LogP) is 3.06. The first-order chi connectivity index (χ1) is 8.90. The van der Waals surface area contributed by atoms with Gasteiger partial charge in [0, 0.05) is 7.05 Å². The van der Waals surface area contributed by atoms with E-state index in [2.05, 4.69) is 21.0 Å². The van der Waals surface area contributed by atoms with Gasteiger partial charge in [-0.3, -0.25) is 0 Å². The normalized spacial score (nSPS) is 10.5. The zero-order chi connectivity index (χ0) is 14.2. The van der Waals surface area contributed by atoms with Gasteiger partial charge in [0.2, 0.25) is 5.88 Å². The second kappa shape index (κ2) is 5.26. The Balaban J connectivity index is 2.43. The molecule has 0 unspecified atom stereocenters. The van der Waals surface area contributed by atoms with Crippen molar-refractivity contribution in [2.24, 2.45) is 12.8 Å². The zero-order valence-electron chi connectivity index (χ0n) is 10.3. The van der Waals surface area contributed by atoms with Crippen molar-refractivity contribution in [3.05, 3.63) is 39.7 Å². The fourth-order valence-electron chi connectivity index (χ4n) is 1.69. The van der Waals surface area contributed by atoms with Crippen LogP contribution in [0, 0.1) is 12.7 Å². The molecular formula is C12H11BrFN3OS. The molecule has 1 aromatic heterocycles. The van der Waals surface area contributed by atoms with Crippen molar-refractivity contribution in [2.75, 3.05) is 0 Å². The highest BCUT2D eigenvalue weighted by molar-refractivity contribution is 9.10. The van der Waals surface area contributed by atoms with E-state index in [1.807, 2.05) is 0 Å². The molecule has 0 amide bonds. The molecule has 4 nitrogen and oxygen atoms in total. The van der Waals surface area contributed by atoms with Gasteiger partial charge in [-0.15, -0.1) is 0 Å². The van der Waals surface area contributed by atoms with Crippen LogP contribution in [0.3, 0.4) is 0 Å². The molecular weight excluding hydrogens is 333 g/mol. The van der Waals surface area contributed by atoms with E-state index < -0.39 is 0 Å². The molecule has 2 N–H and O–H groups in total. The summed E-state index contributed by atoms with van der Waals surface area (Å²) in [6.07, 6.45) is 0. The molecule has 0 atom stereocenters. The largest absolute Gasteiger partial charge is 0.438 e. The molecule has 2 aromatic rings. The van der Waals surface area contributed by atoms with Crippen molar-refractivity contribution in [2.45, 2.75) is 6.92 Å². The van der Waals surface area contributed by atoms with Gasteiger partial charge in [0.05, 0.1) is 15.7 Å². The number of nitrogens with two attached hydrogens (primary N) is 1. The van der Waals surface area contributed by atoms with E-state index >= 15 is 0 Å². The second-order valence-electron chi connectivity index (χ2n) is 3.93. The summed E-state index contributed by atoms with van der Waals surface area (Å²) in [7, 11) is 1.72. The molecule has 0 fully saturated rings. The first-order valence-electron chi connectivity index (χ1n) is 5.36. The van der Waals surface area contributed by atoms with Gasteiger partial charge < -0.3 is 10.5 Å². The summed E-state index contributed by atoms with van der Waals surface area (Å²) in [6.45, 7) is 1.79. The molecule has 0 bridgehead atoms. The number of hydrogen-bond acceptors (Lipinski definition) is 3. The lowest BCUT2D eigenvalue weighted by atomic mass is 10.2. The van der Waals surface area contributed by atoms with Crippen LogP contribution in [0.25, 0.3) is 0 Å². The lowest BCUT2D eigenvalue weighted by Gasteiger charge is -2.08. The fourth-order valence-corrected chi connectivity index (χ4v) is 2.28.